The van der Waals surface area contributed by atoms with Crippen molar-refractivity contribution in [3.05, 3.63) is 79.8 Å². The van der Waals surface area contributed by atoms with Crippen molar-refractivity contribution < 1.29 is 9.18 Å². The number of aryl methyl sites for hydroxylation is 2. The van der Waals surface area contributed by atoms with E-state index in [1.807, 2.05) is 32.0 Å². The van der Waals surface area contributed by atoms with E-state index in [4.69, 9.17) is 11.6 Å². The van der Waals surface area contributed by atoms with Crippen molar-refractivity contribution in [3.63, 3.8) is 0 Å². The molecule has 0 aliphatic carbocycles. The molecule has 134 valence electrons. The van der Waals surface area contributed by atoms with Crippen molar-refractivity contribution in [1.82, 2.24) is 10.3 Å². The molecule has 1 heterocycles. The van der Waals surface area contributed by atoms with E-state index >= 15 is 0 Å². The molecule has 0 aliphatic rings. The Morgan fingerprint density at radius 3 is 2.65 bits per heavy atom. The molecular formula is C20H18ClFN2O2. The van der Waals surface area contributed by atoms with Crippen molar-refractivity contribution >= 4 is 28.4 Å². The van der Waals surface area contributed by atoms with Crippen LogP contribution in [0.4, 0.5) is 4.39 Å². The molecule has 4 nitrogen and oxygen atoms in total. The van der Waals surface area contributed by atoms with E-state index in [9.17, 15) is 14.0 Å². The van der Waals surface area contributed by atoms with Crippen LogP contribution in [-0.2, 0) is 6.42 Å². The van der Waals surface area contributed by atoms with Gasteiger partial charge in [-0.2, -0.15) is 0 Å². The van der Waals surface area contributed by atoms with E-state index in [1.54, 1.807) is 0 Å². The maximum absolute atomic E-state index is 13.8. The maximum Gasteiger partial charge on any atom is 0.255 e. The topological polar surface area (TPSA) is 62.0 Å². The van der Waals surface area contributed by atoms with Crippen LogP contribution >= 0.6 is 11.6 Å². The average Bonchev–Trinajstić information content (AvgIpc) is 2.57. The van der Waals surface area contributed by atoms with E-state index in [-0.39, 0.29) is 22.7 Å². The number of hydrogen-bond donors (Lipinski definition) is 2. The number of pyridine rings is 1. The zero-order valence-corrected chi connectivity index (χ0v) is 15.2. The molecule has 0 atom stereocenters. The molecule has 0 unspecified atom stereocenters. The molecule has 0 saturated carbocycles. The van der Waals surface area contributed by atoms with Crippen molar-refractivity contribution in [2.75, 3.05) is 6.54 Å². The molecule has 1 aromatic heterocycles. The molecule has 0 spiro atoms. The van der Waals surface area contributed by atoms with Crippen LogP contribution in [0, 0.1) is 19.7 Å². The Morgan fingerprint density at radius 1 is 1.19 bits per heavy atom. The molecule has 6 heteroatoms. The molecule has 0 radical (unpaired) electrons. The van der Waals surface area contributed by atoms with E-state index in [0.29, 0.717) is 12.0 Å². The number of halogens is 2. The Morgan fingerprint density at radius 2 is 1.92 bits per heavy atom. The third-order valence-corrected chi connectivity index (χ3v) is 4.72. The van der Waals surface area contributed by atoms with Gasteiger partial charge in [-0.25, -0.2) is 4.39 Å². The Hall–Kier alpha value is -2.66. The zero-order valence-electron chi connectivity index (χ0n) is 14.5. The second kappa shape index (κ2) is 7.30. The summed E-state index contributed by atoms with van der Waals surface area (Å²) >= 11 is 5.88. The fraction of sp³-hybridized carbons (Fsp3) is 0.200. The summed E-state index contributed by atoms with van der Waals surface area (Å²) in [5.41, 5.74) is 3.20. The molecule has 0 aliphatic heterocycles. The molecule has 3 aromatic rings. The molecule has 2 aromatic carbocycles. The molecule has 3 rings (SSSR count). The first-order valence-corrected chi connectivity index (χ1v) is 8.60. The third kappa shape index (κ3) is 3.63. The number of carbonyl (C=O) groups is 1. The van der Waals surface area contributed by atoms with Gasteiger partial charge in [0.05, 0.1) is 10.6 Å². The van der Waals surface area contributed by atoms with Crippen LogP contribution in [0.25, 0.3) is 10.9 Å². The second-order valence-corrected chi connectivity index (χ2v) is 6.66. The Balaban J connectivity index is 1.76. The van der Waals surface area contributed by atoms with E-state index in [1.165, 1.54) is 18.2 Å². The SMILES string of the molecule is Cc1cc2cc(CCNC(=O)c3c(F)cccc3Cl)c(=O)[nH]c2cc1C. The number of H-pyrrole nitrogens is 1. The lowest BCUT2D eigenvalue weighted by Crippen LogP contribution is -2.28. The Kier molecular flexibility index (Phi) is 5.09. The van der Waals surface area contributed by atoms with Crippen LogP contribution < -0.4 is 10.9 Å². The fourth-order valence-electron chi connectivity index (χ4n) is 2.82. The summed E-state index contributed by atoms with van der Waals surface area (Å²) in [6.45, 7) is 4.20. The van der Waals surface area contributed by atoms with E-state index in [0.717, 1.165) is 22.0 Å². The van der Waals surface area contributed by atoms with Crippen molar-refractivity contribution in [1.29, 1.82) is 0 Å². The summed E-state index contributed by atoms with van der Waals surface area (Å²) in [4.78, 5) is 27.2. The summed E-state index contributed by atoms with van der Waals surface area (Å²) in [7, 11) is 0. The quantitative estimate of drug-likeness (QED) is 0.729. The first-order chi connectivity index (χ1) is 12.4. The molecule has 26 heavy (non-hydrogen) atoms. The number of fused-ring (bicyclic) bond motifs is 1. The predicted molar refractivity (Wildman–Crippen MR) is 101 cm³/mol. The summed E-state index contributed by atoms with van der Waals surface area (Å²) in [5.74, 6) is -1.28. The number of carbonyl (C=O) groups excluding carboxylic acids is 1. The van der Waals surface area contributed by atoms with Crippen LogP contribution in [0.1, 0.15) is 27.0 Å². The standard InChI is InChI=1S/C20H18ClFN2O2/c1-11-8-14-10-13(19(25)24-17(14)9-12(11)2)6-7-23-20(26)18-15(21)4-3-5-16(18)22/h3-5,8-10H,6-7H2,1-2H3,(H,23,26)(H,24,25). The molecule has 2 N–H and O–H groups in total. The van der Waals surface area contributed by atoms with Crippen molar-refractivity contribution in [2.45, 2.75) is 20.3 Å². The second-order valence-electron chi connectivity index (χ2n) is 6.25. The molecule has 0 fully saturated rings. The van der Waals surface area contributed by atoms with Gasteiger partial charge in [0.15, 0.2) is 0 Å². The highest BCUT2D eigenvalue weighted by Crippen LogP contribution is 2.19. The number of amides is 1. The number of aromatic amines is 1. The summed E-state index contributed by atoms with van der Waals surface area (Å²) in [5, 5.41) is 3.60. The van der Waals surface area contributed by atoms with Gasteiger partial charge in [-0.1, -0.05) is 17.7 Å². The lowest BCUT2D eigenvalue weighted by atomic mass is 10.0. The third-order valence-electron chi connectivity index (χ3n) is 4.41. The van der Waals surface area contributed by atoms with Gasteiger partial charge in [-0.05, 0) is 67.1 Å². The van der Waals surface area contributed by atoms with Crippen LogP contribution in [0.15, 0.2) is 41.2 Å². The normalized spacial score (nSPS) is 10.9. The summed E-state index contributed by atoms with van der Waals surface area (Å²) in [6, 6.07) is 9.85. The highest BCUT2D eigenvalue weighted by atomic mass is 35.5. The lowest BCUT2D eigenvalue weighted by molar-refractivity contribution is 0.0950. The Labute approximate surface area is 155 Å². The molecular weight excluding hydrogens is 355 g/mol. The van der Waals surface area contributed by atoms with Crippen LogP contribution in [0.3, 0.4) is 0 Å². The zero-order chi connectivity index (χ0) is 18.8. The smallest absolute Gasteiger partial charge is 0.255 e. The first kappa shape index (κ1) is 18.1. The number of benzene rings is 2. The number of hydrogen-bond acceptors (Lipinski definition) is 2. The number of aromatic nitrogens is 1. The first-order valence-electron chi connectivity index (χ1n) is 8.22. The van der Waals surface area contributed by atoms with Crippen LogP contribution in [-0.4, -0.2) is 17.4 Å². The molecule has 0 bridgehead atoms. The van der Waals surface area contributed by atoms with Gasteiger partial charge < -0.3 is 10.3 Å². The average molecular weight is 373 g/mol. The number of nitrogens with one attached hydrogen (secondary N) is 2. The van der Waals surface area contributed by atoms with Gasteiger partial charge in [-0.3, -0.25) is 9.59 Å². The lowest BCUT2D eigenvalue weighted by Gasteiger charge is -2.09. The highest BCUT2D eigenvalue weighted by Gasteiger charge is 2.15. The predicted octanol–water partition coefficient (Wildman–Crippen LogP) is 3.91. The van der Waals surface area contributed by atoms with Gasteiger partial charge in [0.25, 0.3) is 11.5 Å². The number of rotatable bonds is 4. The minimum atomic E-state index is -0.676. The summed E-state index contributed by atoms with van der Waals surface area (Å²) in [6.07, 6.45) is 0.329. The van der Waals surface area contributed by atoms with Crippen molar-refractivity contribution in [3.8, 4) is 0 Å². The minimum absolute atomic E-state index is 0.0527. The van der Waals surface area contributed by atoms with Gasteiger partial charge in [0.1, 0.15) is 5.82 Å². The van der Waals surface area contributed by atoms with Crippen LogP contribution in [0.2, 0.25) is 5.02 Å². The minimum Gasteiger partial charge on any atom is -0.352 e. The Bertz CT molecular complexity index is 1040. The molecule has 0 saturated heterocycles. The van der Waals surface area contributed by atoms with Gasteiger partial charge in [0.2, 0.25) is 0 Å². The van der Waals surface area contributed by atoms with Gasteiger partial charge in [0, 0.05) is 17.6 Å². The van der Waals surface area contributed by atoms with E-state index in [2.05, 4.69) is 10.3 Å². The summed E-state index contributed by atoms with van der Waals surface area (Å²) < 4.78 is 13.8. The monoisotopic (exact) mass is 372 g/mol. The van der Waals surface area contributed by atoms with E-state index < -0.39 is 11.7 Å². The fourth-order valence-corrected chi connectivity index (χ4v) is 3.07. The highest BCUT2D eigenvalue weighted by molar-refractivity contribution is 6.33. The largest absolute Gasteiger partial charge is 0.352 e. The van der Waals surface area contributed by atoms with Crippen LogP contribution in [0.5, 0.6) is 0 Å². The van der Waals surface area contributed by atoms with Gasteiger partial charge >= 0.3 is 0 Å². The molecule has 1 amide bonds. The van der Waals surface area contributed by atoms with Crippen molar-refractivity contribution in [2.24, 2.45) is 0 Å². The maximum atomic E-state index is 13.8. The van der Waals surface area contributed by atoms with Gasteiger partial charge in [-0.15, -0.1) is 0 Å².